The summed E-state index contributed by atoms with van der Waals surface area (Å²) in [4.78, 5) is 0. The number of benzene rings is 4. The summed E-state index contributed by atoms with van der Waals surface area (Å²) >= 11 is 12.1. The molecule has 2 heterocycles. The summed E-state index contributed by atoms with van der Waals surface area (Å²) in [6.07, 6.45) is 5.81. The maximum absolute atomic E-state index is 6.07. The van der Waals surface area contributed by atoms with E-state index in [-0.39, 0.29) is 24.8 Å². The van der Waals surface area contributed by atoms with Gasteiger partial charge in [-0.1, -0.05) is 0 Å². The molecule has 62 heavy (non-hydrogen) atoms. The van der Waals surface area contributed by atoms with Crippen molar-refractivity contribution in [2.45, 2.75) is 50.6 Å². The van der Waals surface area contributed by atoms with Gasteiger partial charge in [-0.15, -0.1) is 23.2 Å². The number of quaternary nitrogens is 2. The molecule has 4 atom stereocenters. The summed E-state index contributed by atoms with van der Waals surface area (Å²) in [7, 11) is 18.0. The minimum atomic E-state index is 0. The third kappa shape index (κ3) is 11.9. The summed E-state index contributed by atoms with van der Waals surface area (Å²) in [5.74, 6) is 7.18. The number of ether oxygens (including phenoxy) is 8. The topological polar surface area (TPSA) is 73.8 Å². The van der Waals surface area contributed by atoms with Gasteiger partial charge in [0.15, 0.2) is 23.0 Å². The van der Waals surface area contributed by atoms with Gasteiger partial charge >= 0.3 is 0 Å². The van der Waals surface area contributed by atoms with E-state index in [1.807, 2.05) is 0 Å². The van der Waals surface area contributed by atoms with Gasteiger partial charge in [-0.2, -0.15) is 0 Å². The van der Waals surface area contributed by atoms with Crippen molar-refractivity contribution in [2.75, 3.05) is 109 Å². The normalized spacial score (nSPS) is 19.7. The highest BCUT2D eigenvalue weighted by molar-refractivity contribution is 6.18. The van der Waals surface area contributed by atoms with Crippen molar-refractivity contribution in [3.63, 3.8) is 0 Å². The molecule has 0 fully saturated rings. The van der Waals surface area contributed by atoms with Crippen molar-refractivity contribution in [3.05, 3.63) is 94.0 Å². The first-order valence-electron chi connectivity index (χ1n) is 20.7. The average Bonchev–Trinajstić information content (AvgIpc) is 3.28. The number of nitrogens with zero attached hydrogens (tertiary/aromatic N) is 2. The van der Waals surface area contributed by atoms with E-state index in [9.17, 15) is 0 Å². The number of methoxy groups -OCH3 is 8. The molecule has 2 unspecified atom stereocenters. The molecular formula is C48H66Cl4N2O8. The molecule has 4 aromatic rings. The largest absolute Gasteiger partial charge is 1.00 e. The average molecular weight is 941 g/mol. The summed E-state index contributed by atoms with van der Waals surface area (Å²) in [5.41, 5.74) is 7.82. The lowest BCUT2D eigenvalue weighted by molar-refractivity contribution is -0.941. The van der Waals surface area contributed by atoms with Crippen molar-refractivity contribution >= 4 is 23.2 Å². The van der Waals surface area contributed by atoms with Crippen LogP contribution in [0.3, 0.4) is 0 Å². The molecule has 6 rings (SSSR count). The Labute approximate surface area is 392 Å². The van der Waals surface area contributed by atoms with Gasteiger partial charge in [0.1, 0.15) is 23.6 Å². The molecule has 0 bridgehead atoms. The molecule has 0 amide bonds. The van der Waals surface area contributed by atoms with E-state index in [0.717, 1.165) is 96.3 Å². The van der Waals surface area contributed by atoms with Gasteiger partial charge in [-0.3, -0.25) is 0 Å². The molecule has 0 saturated heterocycles. The van der Waals surface area contributed by atoms with Crippen LogP contribution in [0.4, 0.5) is 0 Å². The van der Waals surface area contributed by atoms with Gasteiger partial charge in [-0.25, -0.2) is 0 Å². The van der Waals surface area contributed by atoms with Crippen LogP contribution in [-0.2, 0) is 25.7 Å². The molecule has 0 spiro atoms. The van der Waals surface area contributed by atoms with E-state index in [1.165, 1.54) is 22.3 Å². The van der Waals surface area contributed by atoms with E-state index in [4.69, 9.17) is 61.1 Å². The van der Waals surface area contributed by atoms with Gasteiger partial charge in [-0.05, 0) is 82.9 Å². The minimum absolute atomic E-state index is 0. The van der Waals surface area contributed by atoms with Gasteiger partial charge in [0.05, 0.1) is 97.2 Å². The molecule has 0 saturated carbocycles. The summed E-state index contributed by atoms with van der Waals surface area (Å²) in [6, 6.07) is 21.8. The van der Waals surface area contributed by atoms with Crippen LogP contribution in [0.1, 0.15) is 58.3 Å². The minimum Gasteiger partial charge on any atom is -1.00 e. The van der Waals surface area contributed by atoms with Crippen molar-refractivity contribution < 1.29 is 71.7 Å². The molecule has 10 nitrogen and oxygen atoms in total. The van der Waals surface area contributed by atoms with Crippen molar-refractivity contribution in [1.82, 2.24) is 0 Å². The van der Waals surface area contributed by atoms with E-state index < -0.39 is 0 Å². The Morgan fingerprint density at radius 1 is 0.484 bits per heavy atom. The first-order valence-corrected chi connectivity index (χ1v) is 21.8. The van der Waals surface area contributed by atoms with Crippen molar-refractivity contribution in [1.29, 1.82) is 0 Å². The Morgan fingerprint density at radius 2 is 0.823 bits per heavy atom. The first kappa shape index (κ1) is 52.7. The van der Waals surface area contributed by atoms with Crippen molar-refractivity contribution in [2.24, 2.45) is 0 Å². The van der Waals surface area contributed by atoms with Crippen LogP contribution in [0, 0.1) is 0 Å². The van der Waals surface area contributed by atoms with Crippen LogP contribution >= 0.6 is 23.2 Å². The number of hydrogen-bond acceptors (Lipinski definition) is 8. The monoisotopic (exact) mass is 938 g/mol. The second kappa shape index (κ2) is 24.4. The van der Waals surface area contributed by atoms with E-state index in [1.54, 1.807) is 56.9 Å². The Balaban J connectivity index is 0.000000320. The zero-order valence-electron chi connectivity index (χ0n) is 38.1. The second-order valence-electron chi connectivity index (χ2n) is 16.1. The number of rotatable bonds is 18. The van der Waals surface area contributed by atoms with E-state index in [2.05, 4.69) is 74.8 Å². The fraction of sp³-hybridized carbons (Fsp3) is 0.500. The number of fused-ring (bicyclic) bond motifs is 2. The summed E-state index contributed by atoms with van der Waals surface area (Å²) in [6.45, 7) is 4.24. The SMILES string of the molecule is COc1ccc2c(c1)CC[N+](C)(CCCCl)[C@@H]2Cc1cc(OC)c(OC)c(OC)c1.COc1ccc2c(c1)CC[N+](C)(CCCCl)[C@H]2Cc1cc(OC)c(OC)c(OC)c1.[Cl-].[Cl-]. The third-order valence-electron chi connectivity index (χ3n) is 12.6. The maximum Gasteiger partial charge on any atom is 0.203 e. The highest BCUT2D eigenvalue weighted by atomic mass is 35.5. The van der Waals surface area contributed by atoms with Gasteiger partial charge in [0.2, 0.25) is 11.5 Å². The number of alkyl halides is 2. The fourth-order valence-corrected chi connectivity index (χ4v) is 9.47. The molecule has 344 valence electrons. The third-order valence-corrected chi connectivity index (χ3v) is 13.2. The number of halogens is 4. The van der Waals surface area contributed by atoms with Crippen LogP contribution < -0.4 is 62.7 Å². The van der Waals surface area contributed by atoms with Crippen LogP contribution in [0.5, 0.6) is 46.0 Å². The Hall–Kier alpha value is -3.64. The molecule has 0 aliphatic carbocycles. The zero-order valence-corrected chi connectivity index (χ0v) is 41.1. The molecule has 2 aliphatic heterocycles. The number of likely N-dealkylation sites (N-methyl/N-ethyl adjacent to an activating group) is 2. The molecule has 14 heteroatoms. The fourth-order valence-electron chi connectivity index (χ4n) is 9.23. The predicted molar refractivity (Wildman–Crippen MR) is 241 cm³/mol. The second-order valence-corrected chi connectivity index (χ2v) is 16.8. The Kier molecular flexibility index (Phi) is 20.8. The van der Waals surface area contributed by atoms with Crippen LogP contribution in [0.25, 0.3) is 0 Å². The Bertz CT molecular complexity index is 1850. The van der Waals surface area contributed by atoms with Gasteiger partial charge in [0.25, 0.3) is 0 Å². The van der Waals surface area contributed by atoms with Gasteiger partial charge in [0, 0.05) is 61.4 Å². The first-order chi connectivity index (χ1) is 29.0. The van der Waals surface area contributed by atoms with Gasteiger partial charge < -0.3 is 71.7 Å². The molecule has 4 aromatic carbocycles. The number of hydrogen-bond donors (Lipinski definition) is 0. The van der Waals surface area contributed by atoms with E-state index >= 15 is 0 Å². The standard InChI is InChI=1S/2C24H33ClNO4.2ClH/c2*1-26(11-6-10-25)12-9-18-16-19(27-2)7-8-20(18)21(26)13-17-14-22(28-3)24(30-5)23(15-17)29-4;;/h2*7-8,14-16,21H,6,9-13H2,1-5H3;2*1H/q2*+1;;/p-2/t2*21-,26?;;/m10../s1. The van der Waals surface area contributed by atoms with Crippen molar-refractivity contribution in [3.8, 4) is 46.0 Å². The lowest BCUT2D eigenvalue weighted by Gasteiger charge is -2.46. The molecular weight excluding hydrogens is 874 g/mol. The van der Waals surface area contributed by atoms with Crippen LogP contribution in [-0.4, -0.2) is 118 Å². The Morgan fingerprint density at radius 3 is 1.10 bits per heavy atom. The molecule has 0 N–H and O–H groups in total. The summed E-state index contributed by atoms with van der Waals surface area (Å²) < 4.78 is 46.2. The predicted octanol–water partition coefficient (Wildman–Crippen LogP) is 3.28. The lowest BCUT2D eigenvalue weighted by atomic mass is 9.86. The van der Waals surface area contributed by atoms with Crippen LogP contribution in [0.2, 0.25) is 0 Å². The quantitative estimate of drug-likeness (QED) is 0.111. The smallest absolute Gasteiger partial charge is 0.203 e. The highest BCUT2D eigenvalue weighted by Gasteiger charge is 2.40. The molecule has 0 radical (unpaired) electrons. The maximum atomic E-state index is 6.07. The lowest BCUT2D eigenvalue weighted by Crippen LogP contribution is -3.00. The molecule has 2 aliphatic rings. The van der Waals surface area contributed by atoms with E-state index in [0.29, 0.717) is 58.3 Å². The highest BCUT2D eigenvalue weighted by Crippen LogP contribution is 2.45. The summed E-state index contributed by atoms with van der Waals surface area (Å²) in [5, 5.41) is 0. The zero-order chi connectivity index (χ0) is 43.5. The van der Waals surface area contributed by atoms with Crippen LogP contribution in [0.15, 0.2) is 60.7 Å². The molecule has 0 aromatic heterocycles.